The molecule has 5 nitrogen and oxygen atoms in total. The van der Waals surface area contributed by atoms with Crippen LogP contribution in [0.5, 0.6) is 5.75 Å². The lowest BCUT2D eigenvalue weighted by Gasteiger charge is -2.28. The summed E-state index contributed by atoms with van der Waals surface area (Å²) in [5.74, 6) is 0.792. The molecule has 2 aromatic carbocycles. The van der Waals surface area contributed by atoms with Gasteiger partial charge in [0.1, 0.15) is 12.4 Å². The summed E-state index contributed by atoms with van der Waals surface area (Å²) < 4.78 is 11.4. The molecule has 0 N–H and O–H groups in total. The second-order valence-electron chi connectivity index (χ2n) is 7.50. The van der Waals surface area contributed by atoms with Gasteiger partial charge in [-0.1, -0.05) is 12.1 Å². The molecule has 148 valence electrons. The fourth-order valence-electron chi connectivity index (χ4n) is 4.01. The van der Waals surface area contributed by atoms with Crippen molar-refractivity contribution in [2.45, 2.75) is 32.4 Å². The van der Waals surface area contributed by atoms with E-state index < -0.39 is 0 Å². The Labute approximate surface area is 171 Å². The first-order valence-corrected chi connectivity index (χ1v) is 9.97. The highest BCUT2D eigenvalue weighted by Crippen LogP contribution is 2.34. The summed E-state index contributed by atoms with van der Waals surface area (Å²) >= 11 is 0. The van der Waals surface area contributed by atoms with Crippen LogP contribution in [0.3, 0.4) is 0 Å². The van der Waals surface area contributed by atoms with E-state index in [4.69, 9.17) is 19.7 Å². The molecular formula is C24H25N3O2. The zero-order valence-corrected chi connectivity index (χ0v) is 16.9. The lowest BCUT2D eigenvalue weighted by Crippen LogP contribution is -2.33. The fourth-order valence-corrected chi connectivity index (χ4v) is 4.01. The number of aryl methyl sites for hydroxylation is 1. The molecule has 1 atom stereocenters. The van der Waals surface area contributed by atoms with Crippen LogP contribution in [0.4, 0.5) is 5.69 Å². The molecule has 0 saturated carbocycles. The van der Waals surface area contributed by atoms with Gasteiger partial charge in [0.2, 0.25) is 0 Å². The molecule has 1 saturated heterocycles. The largest absolute Gasteiger partial charge is 0.489 e. The number of methoxy groups -OCH3 is 1. The number of rotatable bonds is 6. The van der Waals surface area contributed by atoms with Gasteiger partial charge in [-0.3, -0.25) is 4.98 Å². The van der Waals surface area contributed by atoms with Gasteiger partial charge in [0.25, 0.3) is 0 Å². The van der Waals surface area contributed by atoms with Crippen LogP contribution < -0.4 is 9.64 Å². The minimum absolute atomic E-state index is 0.414. The van der Waals surface area contributed by atoms with Crippen LogP contribution in [0, 0.1) is 18.3 Å². The van der Waals surface area contributed by atoms with Gasteiger partial charge in [-0.2, -0.15) is 5.26 Å². The summed E-state index contributed by atoms with van der Waals surface area (Å²) in [7, 11) is 1.77. The summed E-state index contributed by atoms with van der Waals surface area (Å²) in [6.07, 6.45) is 2.34. The Morgan fingerprint density at radius 1 is 1.17 bits per heavy atom. The molecule has 0 spiro atoms. The minimum Gasteiger partial charge on any atom is -0.489 e. The quantitative estimate of drug-likeness (QED) is 0.618. The van der Waals surface area contributed by atoms with E-state index in [1.165, 1.54) is 12.1 Å². The standard InChI is InChI=1S/C24H25N3O2/c1-17-12-24(27-11-3-4-20(27)16-28-2)22-10-9-21(13-23(22)26-17)29-15-19-7-5-18(14-25)6-8-19/h5-10,12-13,20H,3-4,11,15-16H2,1-2H3/t20-/m0/s1. The summed E-state index contributed by atoms with van der Waals surface area (Å²) in [6.45, 7) is 4.28. The normalized spacial score (nSPS) is 16.2. The number of nitriles is 1. The van der Waals surface area contributed by atoms with E-state index in [9.17, 15) is 0 Å². The topological polar surface area (TPSA) is 58.4 Å². The second kappa shape index (κ2) is 8.50. The number of ether oxygens (including phenoxy) is 2. The average molecular weight is 387 g/mol. The maximum atomic E-state index is 8.91. The maximum Gasteiger partial charge on any atom is 0.122 e. The van der Waals surface area contributed by atoms with Gasteiger partial charge in [0.05, 0.1) is 29.8 Å². The lowest BCUT2D eigenvalue weighted by molar-refractivity contribution is 0.181. The number of pyridine rings is 1. The monoisotopic (exact) mass is 387 g/mol. The van der Waals surface area contributed by atoms with Crippen molar-refractivity contribution in [2.75, 3.05) is 25.2 Å². The van der Waals surface area contributed by atoms with Crippen molar-refractivity contribution in [2.24, 2.45) is 0 Å². The van der Waals surface area contributed by atoms with Crippen molar-refractivity contribution < 1.29 is 9.47 Å². The SMILES string of the molecule is COC[C@@H]1CCCN1c1cc(C)nc2cc(OCc3ccc(C#N)cc3)ccc12. The van der Waals surface area contributed by atoms with Crippen LogP contribution in [0.25, 0.3) is 10.9 Å². The number of benzene rings is 2. The molecule has 29 heavy (non-hydrogen) atoms. The van der Waals surface area contributed by atoms with Crippen molar-refractivity contribution in [3.63, 3.8) is 0 Å². The zero-order chi connectivity index (χ0) is 20.2. The Kier molecular flexibility index (Phi) is 5.64. The highest BCUT2D eigenvalue weighted by atomic mass is 16.5. The Bertz CT molecular complexity index is 1040. The maximum absolute atomic E-state index is 8.91. The molecule has 5 heteroatoms. The van der Waals surface area contributed by atoms with Crippen molar-refractivity contribution in [1.82, 2.24) is 4.98 Å². The second-order valence-corrected chi connectivity index (χ2v) is 7.50. The molecule has 1 aliphatic rings. The minimum atomic E-state index is 0.414. The van der Waals surface area contributed by atoms with E-state index in [-0.39, 0.29) is 0 Å². The van der Waals surface area contributed by atoms with Gasteiger partial charge in [-0.15, -0.1) is 0 Å². The Morgan fingerprint density at radius 3 is 2.76 bits per heavy atom. The first kappa shape index (κ1) is 19.2. The van der Waals surface area contributed by atoms with Gasteiger partial charge < -0.3 is 14.4 Å². The average Bonchev–Trinajstić information content (AvgIpc) is 3.20. The van der Waals surface area contributed by atoms with Crippen LogP contribution >= 0.6 is 0 Å². The molecule has 0 unspecified atom stereocenters. The van der Waals surface area contributed by atoms with Crippen LogP contribution in [-0.2, 0) is 11.3 Å². The summed E-state index contributed by atoms with van der Waals surface area (Å²) in [4.78, 5) is 7.20. The summed E-state index contributed by atoms with van der Waals surface area (Å²) in [5.41, 5.74) is 4.85. The van der Waals surface area contributed by atoms with E-state index >= 15 is 0 Å². The van der Waals surface area contributed by atoms with Gasteiger partial charge in [0, 0.05) is 36.5 Å². The number of nitrogens with zero attached hydrogens (tertiary/aromatic N) is 3. The summed E-state index contributed by atoms with van der Waals surface area (Å²) in [5, 5.41) is 10.1. The van der Waals surface area contributed by atoms with Crippen LogP contribution in [0.1, 0.15) is 29.7 Å². The van der Waals surface area contributed by atoms with E-state index in [0.29, 0.717) is 18.2 Å². The highest BCUT2D eigenvalue weighted by Gasteiger charge is 2.26. The Hall–Kier alpha value is -3.10. The molecule has 0 bridgehead atoms. The van der Waals surface area contributed by atoms with E-state index in [1.807, 2.05) is 43.3 Å². The number of hydrogen-bond donors (Lipinski definition) is 0. The van der Waals surface area contributed by atoms with Crippen molar-refractivity contribution in [3.05, 3.63) is 65.4 Å². The molecular weight excluding hydrogens is 362 g/mol. The first-order chi connectivity index (χ1) is 14.2. The third kappa shape index (κ3) is 4.18. The fraction of sp³-hybridized carbons (Fsp3) is 0.333. The molecule has 0 aliphatic carbocycles. The Balaban J connectivity index is 1.58. The molecule has 4 rings (SSSR count). The smallest absolute Gasteiger partial charge is 0.122 e. The van der Waals surface area contributed by atoms with Crippen molar-refractivity contribution in [3.8, 4) is 11.8 Å². The van der Waals surface area contributed by atoms with Gasteiger partial charge >= 0.3 is 0 Å². The lowest BCUT2D eigenvalue weighted by atomic mass is 10.1. The number of hydrogen-bond acceptors (Lipinski definition) is 5. The van der Waals surface area contributed by atoms with Crippen LogP contribution in [-0.4, -0.2) is 31.3 Å². The van der Waals surface area contributed by atoms with Crippen molar-refractivity contribution >= 4 is 16.6 Å². The molecule has 1 fully saturated rings. The summed E-state index contributed by atoms with van der Waals surface area (Å²) in [6, 6.07) is 18.3. The van der Waals surface area contributed by atoms with Crippen LogP contribution in [0.15, 0.2) is 48.5 Å². The van der Waals surface area contributed by atoms with Crippen LogP contribution in [0.2, 0.25) is 0 Å². The van der Waals surface area contributed by atoms with Gasteiger partial charge in [-0.05, 0) is 55.7 Å². The highest BCUT2D eigenvalue weighted by molar-refractivity contribution is 5.93. The van der Waals surface area contributed by atoms with E-state index in [0.717, 1.165) is 47.5 Å². The van der Waals surface area contributed by atoms with Gasteiger partial charge in [-0.25, -0.2) is 0 Å². The predicted octanol–water partition coefficient (Wildman–Crippen LogP) is 4.61. The molecule has 1 aliphatic heterocycles. The molecule has 1 aromatic heterocycles. The van der Waals surface area contributed by atoms with Crippen molar-refractivity contribution in [1.29, 1.82) is 5.26 Å². The third-order valence-corrected chi connectivity index (χ3v) is 5.42. The van der Waals surface area contributed by atoms with E-state index in [1.54, 1.807) is 7.11 Å². The predicted molar refractivity (Wildman–Crippen MR) is 114 cm³/mol. The molecule has 0 radical (unpaired) electrons. The molecule has 0 amide bonds. The third-order valence-electron chi connectivity index (χ3n) is 5.42. The molecule has 2 heterocycles. The molecule has 3 aromatic rings. The number of anilines is 1. The zero-order valence-electron chi connectivity index (χ0n) is 16.9. The number of fused-ring (bicyclic) bond motifs is 1. The van der Waals surface area contributed by atoms with Gasteiger partial charge in [0.15, 0.2) is 0 Å². The Morgan fingerprint density at radius 2 is 2.00 bits per heavy atom. The van der Waals surface area contributed by atoms with E-state index in [2.05, 4.69) is 23.1 Å². The number of aromatic nitrogens is 1. The first-order valence-electron chi connectivity index (χ1n) is 9.97.